The maximum absolute atomic E-state index is 12.4. The van der Waals surface area contributed by atoms with E-state index in [0.29, 0.717) is 11.6 Å². The Kier molecular flexibility index (Phi) is 6.82. The molecule has 2 aromatic rings. The normalized spacial score (nSPS) is 12.0. The Balaban J connectivity index is 1.88. The summed E-state index contributed by atoms with van der Waals surface area (Å²) in [7, 11) is 0. The van der Waals surface area contributed by atoms with Gasteiger partial charge in [0.1, 0.15) is 0 Å². The lowest BCUT2D eigenvalue weighted by molar-refractivity contribution is -0.151. The average Bonchev–Trinajstić information content (AvgIpc) is 3.06. The fourth-order valence-electron chi connectivity index (χ4n) is 2.34. The van der Waals surface area contributed by atoms with Gasteiger partial charge in [-0.1, -0.05) is 43.6 Å². The summed E-state index contributed by atoms with van der Waals surface area (Å²) in [4.78, 5) is 25.2. The van der Waals surface area contributed by atoms with E-state index < -0.39 is 11.9 Å². The van der Waals surface area contributed by atoms with Crippen molar-refractivity contribution in [3.63, 3.8) is 0 Å². The van der Waals surface area contributed by atoms with E-state index in [1.165, 1.54) is 0 Å². The van der Waals surface area contributed by atoms with Gasteiger partial charge in [0.25, 0.3) is 5.91 Å². The second kappa shape index (κ2) is 8.85. The lowest BCUT2D eigenvalue weighted by Crippen LogP contribution is -2.30. The van der Waals surface area contributed by atoms with Crippen LogP contribution in [0.25, 0.3) is 0 Å². The highest BCUT2D eigenvalue weighted by Gasteiger charge is 2.26. The number of amides is 1. The van der Waals surface area contributed by atoms with Gasteiger partial charge in [0.15, 0.2) is 6.61 Å². The molecule has 1 heterocycles. The van der Waals surface area contributed by atoms with Crippen LogP contribution in [0.1, 0.15) is 30.2 Å². The summed E-state index contributed by atoms with van der Waals surface area (Å²) >= 11 is 7.45. The summed E-state index contributed by atoms with van der Waals surface area (Å²) in [5.41, 5.74) is 0.832. The summed E-state index contributed by atoms with van der Waals surface area (Å²) in [6, 6.07) is 11.0. The van der Waals surface area contributed by atoms with Crippen molar-refractivity contribution in [2.45, 2.75) is 26.3 Å². The smallest absolute Gasteiger partial charge is 0.314 e. The zero-order valence-electron chi connectivity index (χ0n) is 13.6. The molecule has 0 saturated heterocycles. The van der Waals surface area contributed by atoms with E-state index >= 15 is 0 Å². The molecule has 0 unspecified atom stereocenters. The molecule has 1 aromatic carbocycles. The van der Waals surface area contributed by atoms with Crippen molar-refractivity contribution in [1.82, 2.24) is 5.32 Å². The third-order valence-electron chi connectivity index (χ3n) is 3.54. The van der Waals surface area contributed by atoms with Gasteiger partial charge in [0, 0.05) is 9.90 Å². The number of carbonyl (C=O) groups is 2. The van der Waals surface area contributed by atoms with Crippen LogP contribution in [0.2, 0.25) is 5.02 Å². The summed E-state index contributed by atoms with van der Waals surface area (Å²) < 4.78 is 5.20. The number of halogens is 1. The van der Waals surface area contributed by atoms with Gasteiger partial charge in [-0.15, -0.1) is 11.3 Å². The van der Waals surface area contributed by atoms with Crippen LogP contribution in [-0.4, -0.2) is 18.5 Å². The van der Waals surface area contributed by atoms with E-state index in [1.54, 1.807) is 23.5 Å². The number of nitrogens with one attached hydrogen (secondary N) is 1. The molecule has 1 N–H and O–H groups in total. The Morgan fingerprint density at radius 3 is 2.50 bits per heavy atom. The number of carbonyl (C=O) groups excluding carboxylic acids is 2. The van der Waals surface area contributed by atoms with Gasteiger partial charge in [0.2, 0.25) is 0 Å². The van der Waals surface area contributed by atoms with Crippen LogP contribution in [0.3, 0.4) is 0 Å². The largest absolute Gasteiger partial charge is 0.455 e. The summed E-state index contributed by atoms with van der Waals surface area (Å²) in [6.45, 7) is 4.05. The van der Waals surface area contributed by atoms with Crippen molar-refractivity contribution in [3.05, 3.63) is 57.2 Å². The minimum Gasteiger partial charge on any atom is -0.455 e. The average molecular weight is 366 g/mol. The first kappa shape index (κ1) is 18.5. The quantitative estimate of drug-likeness (QED) is 0.754. The molecule has 0 spiro atoms. The Hall–Kier alpha value is -1.85. The van der Waals surface area contributed by atoms with Crippen molar-refractivity contribution in [3.8, 4) is 0 Å². The van der Waals surface area contributed by atoms with Crippen molar-refractivity contribution >= 4 is 34.8 Å². The molecule has 0 fully saturated rings. The third-order valence-corrected chi connectivity index (χ3v) is 4.66. The van der Waals surface area contributed by atoms with Gasteiger partial charge in [-0.3, -0.25) is 9.59 Å². The topological polar surface area (TPSA) is 55.4 Å². The van der Waals surface area contributed by atoms with Crippen LogP contribution in [0.5, 0.6) is 0 Å². The minimum atomic E-state index is -0.424. The molecule has 0 aliphatic rings. The molecule has 1 atom stereocenters. The first-order chi connectivity index (χ1) is 11.5. The van der Waals surface area contributed by atoms with Crippen LogP contribution < -0.4 is 5.32 Å². The molecule has 1 aromatic heterocycles. The molecule has 1 amide bonds. The van der Waals surface area contributed by atoms with Crippen molar-refractivity contribution in [1.29, 1.82) is 0 Å². The molecular formula is C18H20ClNO3S. The summed E-state index contributed by atoms with van der Waals surface area (Å²) in [5.74, 6) is -1.09. The molecule has 0 saturated carbocycles. The highest BCUT2D eigenvalue weighted by Crippen LogP contribution is 2.27. The zero-order valence-corrected chi connectivity index (χ0v) is 15.2. The minimum absolute atomic E-state index is 0.0489. The van der Waals surface area contributed by atoms with Crippen LogP contribution in [0.15, 0.2) is 41.8 Å². The van der Waals surface area contributed by atoms with E-state index in [9.17, 15) is 9.59 Å². The summed E-state index contributed by atoms with van der Waals surface area (Å²) in [5, 5.41) is 5.29. The monoisotopic (exact) mass is 365 g/mol. The SMILES string of the molecule is CC(C)[C@@H](C(=O)OCC(=O)NCc1cccs1)c1ccc(Cl)cc1. The number of esters is 1. The maximum atomic E-state index is 12.4. The van der Waals surface area contributed by atoms with Crippen LogP contribution in [-0.2, 0) is 20.9 Å². The predicted octanol–water partition coefficient (Wildman–Crippen LogP) is 4.00. The molecule has 6 heteroatoms. The van der Waals surface area contributed by atoms with Crippen molar-refractivity contribution in [2.24, 2.45) is 5.92 Å². The van der Waals surface area contributed by atoms with Gasteiger partial charge in [-0.2, -0.15) is 0 Å². The summed E-state index contributed by atoms with van der Waals surface area (Å²) in [6.07, 6.45) is 0. The standard InChI is InChI=1S/C18H20ClNO3S/c1-12(2)17(13-5-7-14(19)8-6-13)18(22)23-11-16(21)20-10-15-4-3-9-24-15/h3-9,12,17H,10-11H2,1-2H3,(H,20,21)/t17-/m1/s1. The Morgan fingerprint density at radius 1 is 1.21 bits per heavy atom. The third kappa shape index (κ3) is 5.35. The van der Waals surface area contributed by atoms with Crippen LogP contribution >= 0.6 is 22.9 Å². The molecule has 24 heavy (non-hydrogen) atoms. The van der Waals surface area contributed by atoms with Gasteiger partial charge >= 0.3 is 5.97 Å². The highest BCUT2D eigenvalue weighted by molar-refractivity contribution is 7.09. The Labute approximate surface area is 150 Å². The van der Waals surface area contributed by atoms with Gasteiger partial charge in [-0.25, -0.2) is 0 Å². The number of benzene rings is 1. The van der Waals surface area contributed by atoms with E-state index in [2.05, 4.69) is 5.32 Å². The zero-order chi connectivity index (χ0) is 17.5. The van der Waals surface area contributed by atoms with Gasteiger partial charge < -0.3 is 10.1 Å². The Bertz CT molecular complexity index is 668. The molecule has 0 aliphatic heterocycles. The van der Waals surface area contributed by atoms with Crippen LogP contribution in [0, 0.1) is 5.92 Å². The molecule has 4 nitrogen and oxygen atoms in total. The van der Waals surface area contributed by atoms with Crippen molar-refractivity contribution < 1.29 is 14.3 Å². The number of thiophene rings is 1. The second-order valence-electron chi connectivity index (χ2n) is 5.74. The van der Waals surface area contributed by atoms with E-state index in [-0.39, 0.29) is 18.4 Å². The lowest BCUT2D eigenvalue weighted by Gasteiger charge is -2.19. The molecule has 0 radical (unpaired) electrons. The first-order valence-electron chi connectivity index (χ1n) is 7.68. The molecular weight excluding hydrogens is 346 g/mol. The second-order valence-corrected chi connectivity index (χ2v) is 7.21. The van der Waals surface area contributed by atoms with Crippen LogP contribution in [0.4, 0.5) is 0 Å². The van der Waals surface area contributed by atoms with E-state index in [4.69, 9.17) is 16.3 Å². The number of hydrogen-bond acceptors (Lipinski definition) is 4. The van der Waals surface area contributed by atoms with E-state index in [0.717, 1.165) is 10.4 Å². The predicted molar refractivity (Wildman–Crippen MR) is 96.2 cm³/mol. The first-order valence-corrected chi connectivity index (χ1v) is 8.94. The molecule has 0 aliphatic carbocycles. The lowest BCUT2D eigenvalue weighted by atomic mass is 9.88. The van der Waals surface area contributed by atoms with Gasteiger partial charge in [-0.05, 0) is 35.1 Å². The number of hydrogen-bond donors (Lipinski definition) is 1. The number of ether oxygens (including phenoxy) is 1. The Morgan fingerprint density at radius 2 is 1.92 bits per heavy atom. The number of rotatable bonds is 7. The maximum Gasteiger partial charge on any atom is 0.314 e. The molecule has 128 valence electrons. The molecule has 2 rings (SSSR count). The fraction of sp³-hybridized carbons (Fsp3) is 0.333. The highest BCUT2D eigenvalue weighted by atomic mass is 35.5. The molecule has 0 bridgehead atoms. The van der Waals surface area contributed by atoms with Gasteiger partial charge in [0.05, 0.1) is 12.5 Å². The fourth-order valence-corrected chi connectivity index (χ4v) is 3.11. The van der Waals surface area contributed by atoms with Crippen molar-refractivity contribution in [2.75, 3.05) is 6.61 Å². The van der Waals surface area contributed by atoms with E-state index in [1.807, 2.05) is 43.5 Å².